The van der Waals surface area contributed by atoms with Crippen molar-refractivity contribution < 1.29 is 17.9 Å². The number of alkyl halides is 4. The van der Waals surface area contributed by atoms with Crippen LogP contribution in [0.5, 0.6) is 5.88 Å². The first-order valence-electron chi connectivity index (χ1n) is 4.55. The first-order valence-corrected chi connectivity index (χ1v) is 5.67. The lowest BCUT2D eigenvalue weighted by Gasteiger charge is -2.14. The maximum Gasteiger partial charge on any atom is 0.574 e. The van der Waals surface area contributed by atoms with Crippen molar-refractivity contribution in [2.45, 2.75) is 25.0 Å². The Morgan fingerprint density at radius 3 is 2.65 bits per heavy atom. The van der Waals surface area contributed by atoms with Gasteiger partial charge in [-0.25, -0.2) is 4.98 Å². The molecule has 0 unspecified atom stereocenters. The van der Waals surface area contributed by atoms with Gasteiger partial charge in [0.25, 0.3) is 0 Å². The minimum absolute atomic E-state index is 0.0124. The number of nitrogens with zero attached hydrogens (tertiary/aromatic N) is 2. The molecule has 0 aromatic carbocycles. The lowest BCUT2D eigenvalue weighted by Crippen LogP contribution is -2.19. The second kappa shape index (κ2) is 5.36. The van der Waals surface area contributed by atoms with Gasteiger partial charge in [0.1, 0.15) is 0 Å². The molecule has 0 saturated heterocycles. The molecule has 1 aromatic rings. The molecular formula is C10H8BrF3N2O. The van der Waals surface area contributed by atoms with E-state index < -0.39 is 12.2 Å². The van der Waals surface area contributed by atoms with E-state index in [0.29, 0.717) is 11.3 Å². The number of aryl methyl sites for hydroxylation is 1. The zero-order valence-electron chi connectivity index (χ0n) is 8.81. The van der Waals surface area contributed by atoms with Gasteiger partial charge < -0.3 is 4.74 Å². The second-order valence-electron chi connectivity index (χ2n) is 3.22. The van der Waals surface area contributed by atoms with E-state index in [1.807, 2.05) is 6.07 Å². The predicted molar refractivity (Wildman–Crippen MR) is 57.6 cm³/mol. The molecule has 7 heteroatoms. The summed E-state index contributed by atoms with van der Waals surface area (Å²) in [7, 11) is 0. The number of nitriles is 1. The number of rotatable bonds is 3. The number of ether oxygens (including phenoxy) is 1. The van der Waals surface area contributed by atoms with Crippen molar-refractivity contribution in [2.75, 3.05) is 0 Å². The minimum atomic E-state index is -4.79. The van der Waals surface area contributed by atoms with Gasteiger partial charge in [0, 0.05) is 16.6 Å². The SMILES string of the molecule is Cc1cc(CC#N)c(CBr)c(OC(F)(F)F)n1. The summed E-state index contributed by atoms with van der Waals surface area (Å²) in [4.78, 5) is 3.69. The molecule has 0 bridgehead atoms. The first-order chi connectivity index (χ1) is 7.87. The third kappa shape index (κ3) is 3.89. The van der Waals surface area contributed by atoms with Crippen molar-refractivity contribution >= 4 is 15.9 Å². The van der Waals surface area contributed by atoms with Crippen molar-refractivity contribution in [3.63, 3.8) is 0 Å². The molecular weight excluding hydrogens is 301 g/mol. The number of halogens is 4. The Balaban J connectivity index is 3.24. The van der Waals surface area contributed by atoms with Crippen molar-refractivity contribution in [1.82, 2.24) is 4.98 Å². The van der Waals surface area contributed by atoms with Gasteiger partial charge in [0.05, 0.1) is 12.5 Å². The Morgan fingerprint density at radius 2 is 2.18 bits per heavy atom. The molecule has 3 nitrogen and oxygen atoms in total. The lowest BCUT2D eigenvalue weighted by atomic mass is 10.1. The highest BCUT2D eigenvalue weighted by molar-refractivity contribution is 9.08. The third-order valence-corrected chi connectivity index (χ3v) is 2.48. The van der Waals surface area contributed by atoms with Crippen molar-refractivity contribution in [2.24, 2.45) is 0 Å². The molecule has 1 heterocycles. The van der Waals surface area contributed by atoms with Gasteiger partial charge in [0.15, 0.2) is 0 Å². The van der Waals surface area contributed by atoms with E-state index in [0.717, 1.165) is 0 Å². The van der Waals surface area contributed by atoms with Crippen LogP contribution >= 0.6 is 15.9 Å². The van der Waals surface area contributed by atoms with E-state index in [1.165, 1.54) is 0 Å². The number of hydrogen-bond donors (Lipinski definition) is 0. The largest absolute Gasteiger partial charge is 0.574 e. The summed E-state index contributed by atoms with van der Waals surface area (Å²) in [6, 6.07) is 3.46. The van der Waals surface area contributed by atoms with Gasteiger partial charge in [0.2, 0.25) is 5.88 Å². The van der Waals surface area contributed by atoms with Crippen LogP contribution in [-0.2, 0) is 11.8 Å². The average Bonchev–Trinajstić information content (AvgIpc) is 2.15. The lowest BCUT2D eigenvalue weighted by molar-refractivity contribution is -0.276. The summed E-state index contributed by atoms with van der Waals surface area (Å²) in [6.45, 7) is 1.54. The van der Waals surface area contributed by atoms with Crippen LogP contribution in [0.4, 0.5) is 13.2 Å². The van der Waals surface area contributed by atoms with Crippen LogP contribution in [0, 0.1) is 18.3 Å². The van der Waals surface area contributed by atoms with Crippen LogP contribution in [0.25, 0.3) is 0 Å². The molecule has 0 radical (unpaired) electrons. The molecule has 1 aromatic heterocycles. The van der Waals surface area contributed by atoms with E-state index in [9.17, 15) is 13.2 Å². The smallest absolute Gasteiger partial charge is 0.388 e. The Morgan fingerprint density at radius 1 is 1.53 bits per heavy atom. The van der Waals surface area contributed by atoms with Crippen LogP contribution in [0.3, 0.4) is 0 Å². The van der Waals surface area contributed by atoms with Gasteiger partial charge in [-0.2, -0.15) is 5.26 Å². The maximum atomic E-state index is 12.2. The molecule has 0 aliphatic rings. The molecule has 92 valence electrons. The molecule has 0 spiro atoms. The third-order valence-electron chi connectivity index (χ3n) is 1.92. The highest BCUT2D eigenvalue weighted by Crippen LogP contribution is 2.29. The summed E-state index contributed by atoms with van der Waals surface area (Å²) in [5, 5.41) is 8.75. The van der Waals surface area contributed by atoms with E-state index in [1.54, 1.807) is 13.0 Å². The minimum Gasteiger partial charge on any atom is -0.388 e. The highest BCUT2D eigenvalue weighted by atomic mass is 79.9. The van der Waals surface area contributed by atoms with E-state index in [2.05, 4.69) is 25.7 Å². The molecule has 0 aliphatic carbocycles. The van der Waals surface area contributed by atoms with Gasteiger partial charge >= 0.3 is 6.36 Å². The normalized spacial score (nSPS) is 11.1. The Kier molecular flexibility index (Phi) is 4.34. The zero-order chi connectivity index (χ0) is 13.1. The van der Waals surface area contributed by atoms with Gasteiger partial charge in [-0.05, 0) is 18.6 Å². The molecule has 0 amide bonds. The summed E-state index contributed by atoms with van der Waals surface area (Å²) < 4.78 is 40.3. The van der Waals surface area contributed by atoms with Gasteiger partial charge in [-0.1, -0.05) is 15.9 Å². The number of pyridine rings is 1. The summed E-state index contributed by atoms with van der Waals surface area (Å²) >= 11 is 3.06. The van der Waals surface area contributed by atoms with E-state index in [-0.39, 0.29) is 17.3 Å². The fraction of sp³-hybridized carbons (Fsp3) is 0.400. The number of hydrogen-bond acceptors (Lipinski definition) is 3. The Hall–Kier alpha value is -1.29. The fourth-order valence-electron chi connectivity index (χ4n) is 1.32. The molecule has 0 fully saturated rings. The second-order valence-corrected chi connectivity index (χ2v) is 3.78. The van der Waals surface area contributed by atoms with Crippen LogP contribution in [0.15, 0.2) is 6.07 Å². The topological polar surface area (TPSA) is 45.9 Å². The van der Waals surface area contributed by atoms with Crippen molar-refractivity contribution in [3.05, 3.63) is 22.9 Å². The Bertz CT molecular complexity index is 454. The maximum absolute atomic E-state index is 12.2. The number of aromatic nitrogens is 1. The van der Waals surface area contributed by atoms with Gasteiger partial charge in [-0.3, -0.25) is 0 Å². The standard InChI is InChI=1S/C10H8BrF3N2O/c1-6-4-7(2-3-15)8(5-11)9(16-6)17-10(12,13)14/h4H,2,5H2,1H3. The quantitative estimate of drug-likeness (QED) is 0.805. The molecule has 0 N–H and O–H groups in total. The van der Waals surface area contributed by atoms with Crippen LogP contribution < -0.4 is 4.74 Å². The Labute approximate surface area is 104 Å². The van der Waals surface area contributed by atoms with E-state index >= 15 is 0 Å². The van der Waals surface area contributed by atoms with Crippen LogP contribution in [-0.4, -0.2) is 11.3 Å². The summed E-state index contributed by atoms with van der Waals surface area (Å²) in [5.41, 5.74) is 1.10. The predicted octanol–water partition coefficient (Wildman–Crippen LogP) is 3.25. The molecule has 0 atom stereocenters. The molecule has 0 aliphatic heterocycles. The summed E-state index contributed by atoms with van der Waals surface area (Å²) in [6.07, 6.45) is -4.78. The zero-order valence-corrected chi connectivity index (χ0v) is 10.4. The van der Waals surface area contributed by atoms with E-state index in [4.69, 9.17) is 5.26 Å². The molecule has 17 heavy (non-hydrogen) atoms. The fourth-order valence-corrected chi connectivity index (χ4v) is 1.92. The van der Waals surface area contributed by atoms with Crippen molar-refractivity contribution in [1.29, 1.82) is 5.26 Å². The first kappa shape index (κ1) is 13.8. The highest BCUT2D eigenvalue weighted by Gasteiger charge is 2.33. The monoisotopic (exact) mass is 308 g/mol. The van der Waals surface area contributed by atoms with Crippen LogP contribution in [0.2, 0.25) is 0 Å². The molecule has 0 saturated carbocycles. The van der Waals surface area contributed by atoms with Crippen molar-refractivity contribution in [3.8, 4) is 11.9 Å². The molecule has 1 rings (SSSR count). The summed E-state index contributed by atoms with van der Waals surface area (Å²) in [5.74, 6) is -0.500. The van der Waals surface area contributed by atoms with Gasteiger partial charge in [-0.15, -0.1) is 13.2 Å². The van der Waals surface area contributed by atoms with Crippen LogP contribution in [0.1, 0.15) is 16.8 Å². The average molecular weight is 309 g/mol.